The number of hydrogen-bond acceptors (Lipinski definition) is 4. The number of benzene rings is 1. The Morgan fingerprint density at radius 2 is 1.92 bits per heavy atom. The molecule has 1 atom stereocenters. The number of aliphatic carboxylic acids is 1. The first-order chi connectivity index (χ1) is 11.9. The van der Waals surface area contributed by atoms with Gasteiger partial charge in [-0.05, 0) is 17.7 Å². The maximum atomic E-state index is 11.7. The molecule has 4 N–H and O–H groups in total. The molecule has 0 aliphatic carbocycles. The maximum Gasteiger partial charge on any atom is 0.328 e. The second kappa shape index (κ2) is 11.1. The standard InChI is InChI=1S/C16H20ClN3O5/c1-2-7-25-10-13(15(22)23)20-14(21)9-19-16(24)18-8-11-3-5-12(17)6-4-11/h2-6,13H,1,7-10H2,(H,20,21)(H,22,23)(H2,18,19,24). The van der Waals surface area contributed by atoms with Crippen LogP contribution in [0.15, 0.2) is 36.9 Å². The summed E-state index contributed by atoms with van der Waals surface area (Å²) < 4.78 is 5.01. The fourth-order valence-electron chi connectivity index (χ4n) is 1.70. The predicted octanol–water partition coefficient (Wildman–Crippen LogP) is 0.911. The molecule has 3 amide bonds. The van der Waals surface area contributed by atoms with Gasteiger partial charge in [-0.1, -0.05) is 29.8 Å². The van der Waals surface area contributed by atoms with Crippen molar-refractivity contribution in [3.8, 4) is 0 Å². The number of carbonyl (C=O) groups is 3. The number of nitrogens with one attached hydrogen (secondary N) is 3. The van der Waals surface area contributed by atoms with E-state index in [1.807, 2.05) is 0 Å². The van der Waals surface area contributed by atoms with Crippen LogP contribution in [0.25, 0.3) is 0 Å². The van der Waals surface area contributed by atoms with Gasteiger partial charge in [-0.15, -0.1) is 6.58 Å². The molecule has 0 aliphatic rings. The third-order valence-corrected chi connectivity index (χ3v) is 3.18. The normalized spacial score (nSPS) is 11.2. The highest BCUT2D eigenvalue weighted by molar-refractivity contribution is 6.30. The molecule has 136 valence electrons. The average molecular weight is 370 g/mol. The summed E-state index contributed by atoms with van der Waals surface area (Å²) in [7, 11) is 0. The first kappa shape index (κ1) is 20.5. The Morgan fingerprint density at radius 1 is 1.24 bits per heavy atom. The monoisotopic (exact) mass is 369 g/mol. The van der Waals surface area contributed by atoms with Crippen LogP contribution in [-0.2, 0) is 20.9 Å². The van der Waals surface area contributed by atoms with Gasteiger partial charge in [0.15, 0.2) is 6.04 Å². The molecule has 1 unspecified atom stereocenters. The van der Waals surface area contributed by atoms with Crippen LogP contribution in [-0.4, -0.2) is 48.8 Å². The van der Waals surface area contributed by atoms with Crippen molar-refractivity contribution in [1.82, 2.24) is 16.0 Å². The maximum absolute atomic E-state index is 11.7. The minimum absolute atomic E-state index is 0.172. The summed E-state index contributed by atoms with van der Waals surface area (Å²) in [5.41, 5.74) is 0.842. The first-order valence-corrected chi connectivity index (χ1v) is 7.77. The molecule has 9 heteroatoms. The van der Waals surface area contributed by atoms with E-state index in [4.69, 9.17) is 21.4 Å². The lowest BCUT2D eigenvalue weighted by molar-refractivity contribution is -0.143. The summed E-state index contributed by atoms with van der Waals surface area (Å²) in [6.45, 7) is 3.31. The van der Waals surface area contributed by atoms with Crippen molar-refractivity contribution in [1.29, 1.82) is 0 Å². The summed E-state index contributed by atoms with van der Waals surface area (Å²) >= 11 is 5.76. The molecular weight excluding hydrogens is 350 g/mol. The molecule has 0 aliphatic heterocycles. The smallest absolute Gasteiger partial charge is 0.328 e. The van der Waals surface area contributed by atoms with E-state index in [1.54, 1.807) is 24.3 Å². The number of carboxylic acids is 1. The zero-order valence-electron chi connectivity index (χ0n) is 13.5. The predicted molar refractivity (Wildman–Crippen MR) is 92.3 cm³/mol. The van der Waals surface area contributed by atoms with Gasteiger partial charge in [0, 0.05) is 11.6 Å². The number of halogens is 1. The molecule has 0 bridgehead atoms. The van der Waals surface area contributed by atoms with Crippen LogP contribution >= 0.6 is 11.6 Å². The molecule has 0 saturated carbocycles. The Labute approximate surface area is 150 Å². The topological polar surface area (TPSA) is 117 Å². The quantitative estimate of drug-likeness (QED) is 0.361. The SMILES string of the molecule is C=CCOCC(NC(=O)CNC(=O)NCc1ccc(Cl)cc1)C(=O)O. The van der Waals surface area contributed by atoms with E-state index in [2.05, 4.69) is 22.5 Å². The Bertz CT molecular complexity index is 606. The number of amides is 3. The fourth-order valence-corrected chi connectivity index (χ4v) is 1.82. The molecule has 1 aromatic rings. The van der Waals surface area contributed by atoms with E-state index in [0.717, 1.165) is 5.56 Å². The number of urea groups is 1. The van der Waals surface area contributed by atoms with Crippen molar-refractivity contribution >= 4 is 29.5 Å². The minimum atomic E-state index is -1.23. The van der Waals surface area contributed by atoms with Crippen LogP contribution in [0.5, 0.6) is 0 Å². The molecule has 0 heterocycles. The summed E-state index contributed by atoms with van der Waals surface area (Å²) in [4.78, 5) is 34.4. The van der Waals surface area contributed by atoms with Gasteiger partial charge in [0.2, 0.25) is 5.91 Å². The summed E-state index contributed by atoms with van der Waals surface area (Å²) in [6.07, 6.45) is 1.47. The molecular formula is C16H20ClN3O5. The van der Waals surface area contributed by atoms with Gasteiger partial charge < -0.3 is 25.8 Å². The Balaban J connectivity index is 2.31. The van der Waals surface area contributed by atoms with E-state index in [-0.39, 0.29) is 26.3 Å². The second-order valence-corrected chi connectivity index (χ2v) is 5.38. The van der Waals surface area contributed by atoms with Gasteiger partial charge >= 0.3 is 12.0 Å². The van der Waals surface area contributed by atoms with E-state index < -0.39 is 23.9 Å². The lowest BCUT2D eigenvalue weighted by atomic mass is 10.2. The lowest BCUT2D eigenvalue weighted by Gasteiger charge is -2.14. The Kier molecular flexibility index (Phi) is 9.05. The molecule has 8 nitrogen and oxygen atoms in total. The van der Waals surface area contributed by atoms with Gasteiger partial charge in [-0.25, -0.2) is 9.59 Å². The number of hydrogen-bond donors (Lipinski definition) is 4. The zero-order valence-corrected chi connectivity index (χ0v) is 14.2. The van der Waals surface area contributed by atoms with Crippen LogP contribution < -0.4 is 16.0 Å². The number of carbonyl (C=O) groups excluding carboxylic acids is 2. The van der Waals surface area contributed by atoms with E-state index in [0.29, 0.717) is 5.02 Å². The number of rotatable bonds is 10. The molecule has 0 radical (unpaired) electrons. The third kappa shape index (κ3) is 8.73. The van der Waals surface area contributed by atoms with E-state index in [1.165, 1.54) is 6.08 Å². The van der Waals surface area contributed by atoms with Crippen molar-refractivity contribution in [2.45, 2.75) is 12.6 Å². The summed E-state index contributed by atoms with van der Waals surface area (Å²) in [6, 6.07) is 5.16. The Hall–Kier alpha value is -2.58. The minimum Gasteiger partial charge on any atom is -0.480 e. The van der Waals surface area contributed by atoms with Gasteiger partial charge in [0.1, 0.15) is 0 Å². The fraction of sp³-hybridized carbons (Fsp3) is 0.312. The van der Waals surface area contributed by atoms with Gasteiger partial charge in [0.25, 0.3) is 0 Å². The van der Waals surface area contributed by atoms with Gasteiger partial charge in [-0.2, -0.15) is 0 Å². The second-order valence-electron chi connectivity index (χ2n) is 4.95. The van der Waals surface area contributed by atoms with Crippen LogP contribution in [0, 0.1) is 0 Å². The number of carboxylic acid groups (broad SMARTS) is 1. The highest BCUT2D eigenvalue weighted by Gasteiger charge is 2.20. The van der Waals surface area contributed by atoms with Crippen LogP contribution in [0.1, 0.15) is 5.56 Å². The molecule has 1 aromatic carbocycles. The van der Waals surface area contributed by atoms with Crippen molar-refractivity contribution in [2.75, 3.05) is 19.8 Å². The molecule has 0 spiro atoms. The molecule has 0 aromatic heterocycles. The third-order valence-electron chi connectivity index (χ3n) is 2.93. The van der Waals surface area contributed by atoms with E-state index in [9.17, 15) is 14.4 Å². The van der Waals surface area contributed by atoms with Crippen molar-refractivity contribution in [3.63, 3.8) is 0 Å². The highest BCUT2D eigenvalue weighted by atomic mass is 35.5. The zero-order chi connectivity index (χ0) is 18.7. The lowest BCUT2D eigenvalue weighted by Crippen LogP contribution is -2.49. The molecule has 25 heavy (non-hydrogen) atoms. The van der Waals surface area contributed by atoms with Crippen molar-refractivity contribution < 1.29 is 24.2 Å². The van der Waals surface area contributed by atoms with Gasteiger partial charge in [-0.3, -0.25) is 4.79 Å². The summed E-state index contributed by atoms with van der Waals surface area (Å²) in [5.74, 6) is -1.87. The highest BCUT2D eigenvalue weighted by Crippen LogP contribution is 2.08. The molecule has 1 rings (SSSR count). The molecule has 0 fully saturated rings. The van der Waals surface area contributed by atoms with Crippen molar-refractivity contribution in [2.24, 2.45) is 0 Å². The van der Waals surface area contributed by atoms with Crippen LogP contribution in [0.4, 0.5) is 4.79 Å². The van der Waals surface area contributed by atoms with Crippen LogP contribution in [0.3, 0.4) is 0 Å². The average Bonchev–Trinajstić information content (AvgIpc) is 2.58. The van der Waals surface area contributed by atoms with Crippen molar-refractivity contribution in [3.05, 3.63) is 47.5 Å². The van der Waals surface area contributed by atoms with E-state index >= 15 is 0 Å². The first-order valence-electron chi connectivity index (χ1n) is 7.39. The van der Waals surface area contributed by atoms with Gasteiger partial charge in [0.05, 0.1) is 19.8 Å². The largest absolute Gasteiger partial charge is 0.480 e. The number of ether oxygens (including phenoxy) is 1. The Morgan fingerprint density at radius 3 is 2.52 bits per heavy atom. The molecule has 0 saturated heterocycles. The van der Waals surface area contributed by atoms with Crippen LogP contribution in [0.2, 0.25) is 5.02 Å². The summed E-state index contributed by atoms with van der Waals surface area (Å²) in [5, 5.41) is 16.8.